The van der Waals surface area contributed by atoms with E-state index in [9.17, 15) is 4.79 Å². The summed E-state index contributed by atoms with van der Waals surface area (Å²) in [6, 6.07) is 0. The first-order valence-electron chi connectivity index (χ1n) is 8.09. The predicted molar refractivity (Wildman–Crippen MR) is 86.4 cm³/mol. The Labute approximate surface area is 133 Å². The second-order valence-corrected chi connectivity index (χ2v) is 6.96. The van der Waals surface area contributed by atoms with Crippen LogP contribution in [-0.4, -0.2) is 28.1 Å². The fraction of sp³-hybridized carbons (Fsp3) is 0.812. The van der Waals surface area contributed by atoms with E-state index in [1.807, 2.05) is 34.6 Å². The molecule has 0 aromatic carbocycles. The zero-order valence-corrected chi connectivity index (χ0v) is 14.5. The maximum Gasteiger partial charge on any atom is 0.226 e. The molecule has 1 rings (SSSR count). The van der Waals surface area contributed by atoms with Crippen molar-refractivity contribution in [1.29, 1.82) is 0 Å². The molecule has 0 aliphatic carbocycles. The van der Waals surface area contributed by atoms with Gasteiger partial charge in [0, 0.05) is 30.3 Å². The molecule has 1 heterocycles. The van der Waals surface area contributed by atoms with Gasteiger partial charge in [0.1, 0.15) is 0 Å². The number of nitrogens with two attached hydrogens (primary N) is 1. The van der Waals surface area contributed by atoms with E-state index in [4.69, 9.17) is 10.3 Å². The summed E-state index contributed by atoms with van der Waals surface area (Å²) in [5, 5.41) is 6.88. The monoisotopic (exact) mass is 310 g/mol. The molecule has 3 N–H and O–H groups in total. The summed E-state index contributed by atoms with van der Waals surface area (Å²) in [4.78, 5) is 16.2. The highest BCUT2D eigenvalue weighted by Crippen LogP contribution is 2.18. The van der Waals surface area contributed by atoms with E-state index in [1.165, 1.54) is 0 Å². The van der Waals surface area contributed by atoms with Gasteiger partial charge in [-0.3, -0.25) is 4.79 Å². The molecule has 0 saturated heterocycles. The molecule has 6 nitrogen and oxygen atoms in total. The lowest BCUT2D eigenvalue weighted by Crippen LogP contribution is -2.49. The first kappa shape index (κ1) is 18.6. The molecule has 1 aromatic heterocycles. The van der Waals surface area contributed by atoms with Crippen LogP contribution in [0.2, 0.25) is 0 Å². The van der Waals surface area contributed by atoms with Crippen LogP contribution >= 0.6 is 0 Å². The Morgan fingerprint density at radius 1 is 1.27 bits per heavy atom. The molecule has 0 saturated carbocycles. The van der Waals surface area contributed by atoms with Crippen LogP contribution in [0.4, 0.5) is 0 Å². The van der Waals surface area contributed by atoms with Crippen molar-refractivity contribution in [3.05, 3.63) is 11.7 Å². The van der Waals surface area contributed by atoms with E-state index >= 15 is 0 Å². The Morgan fingerprint density at radius 2 is 1.91 bits per heavy atom. The van der Waals surface area contributed by atoms with Crippen molar-refractivity contribution < 1.29 is 9.32 Å². The number of aromatic nitrogens is 2. The molecule has 1 aromatic rings. The summed E-state index contributed by atoms with van der Waals surface area (Å²) in [6.07, 6.45) is 3.44. The summed E-state index contributed by atoms with van der Waals surface area (Å²) >= 11 is 0. The summed E-state index contributed by atoms with van der Waals surface area (Å²) < 4.78 is 5.21. The molecule has 0 unspecified atom stereocenters. The lowest BCUT2D eigenvalue weighted by Gasteiger charge is -2.26. The van der Waals surface area contributed by atoms with Crippen LogP contribution in [0.1, 0.15) is 72.0 Å². The van der Waals surface area contributed by atoms with Crippen LogP contribution in [0.5, 0.6) is 0 Å². The maximum absolute atomic E-state index is 11.8. The maximum atomic E-state index is 11.8. The third-order valence-electron chi connectivity index (χ3n) is 3.98. The number of hydrogen-bond acceptors (Lipinski definition) is 5. The van der Waals surface area contributed by atoms with Gasteiger partial charge in [-0.2, -0.15) is 4.98 Å². The Morgan fingerprint density at radius 3 is 2.41 bits per heavy atom. The number of carbonyl (C=O) groups is 1. The Hall–Kier alpha value is -1.43. The van der Waals surface area contributed by atoms with Gasteiger partial charge in [0.25, 0.3) is 0 Å². The number of hydrogen-bond donors (Lipinski definition) is 2. The molecule has 0 bridgehead atoms. The standard InChI is InChI=1S/C16H30N4O2/c1-6-16(17,7-2)11-18-12(21)9-8-10-13-19-14(20-22-13)15(3,4)5/h6-11,17H2,1-5H3,(H,18,21). The van der Waals surface area contributed by atoms with Gasteiger partial charge in [-0.05, 0) is 19.3 Å². The summed E-state index contributed by atoms with van der Waals surface area (Å²) in [7, 11) is 0. The van der Waals surface area contributed by atoms with E-state index in [2.05, 4.69) is 15.5 Å². The van der Waals surface area contributed by atoms with E-state index in [0.717, 1.165) is 12.8 Å². The lowest BCUT2D eigenvalue weighted by molar-refractivity contribution is -0.121. The van der Waals surface area contributed by atoms with E-state index < -0.39 is 0 Å². The summed E-state index contributed by atoms with van der Waals surface area (Å²) in [5.41, 5.74) is 5.74. The molecular formula is C16H30N4O2. The minimum atomic E-state index is -0.302. The van der Waals surface area contributed by atoms with Crippen LogP contribution < -0.4 is 11.1 Å². The third kappa shape index (κ3) is 5.75. The number of rotatable bonds is 8. The van der Waals surface area contributed by atoms with Crippen molar-refractivity contribution in [1.82, 2.24) is 15.5 Å². The quantitative estimate of drug-likeness (QED) is 0.768. The minimum Gasteiger partial charge on any atom is -0.354 e. The summed E-state index contributed by atoms with van der Waals surface area (Å²) in [5.74, 6) is 1.31. The fourth-order valence-electron chi connectivity index (χ4n) is 1.92. The average molecular weight is 310 g/mol. The van der Waals surface area contributed by atoms with Crippen LogP contribution in [-0.2, 0) is 16.6 Å². The average Bonchev–Trinajstić information content (AvgIpc) is 2.94. The first-order chi connectivity index (χ1) is 10.2. The normalized spacial score (nSPS) is 12.5. The highest BCUT2D eigenvalue weighted by Gasteiger charge is 2.22. The molecule has 0 fully saturated rings. The van der Waals surface area contributed by atoms with E-state index in [0.29, 0.717) is 37.5 Å². The van der Waals surface area contributed by atoms with Crippen molar-refractivity contribution in [2.45, 2.75) is 77.7 Å². The Kier molecular flexibility index (Phi) is 6.53. The highest BCUT2D eigenvalue weighted by atomic mass is 16.5. The molecular weight excluding hydrogens is 280 g/mol. The Balaban J connectivity index is 2.32. The lowest BCUT2D eigenvalue weighted by atomic mass is 9.94. The van der Waals surface area contributed by atoms with Gasteiger partial charge >= 0.3 is 0 Å². The van der Waals surface area contributed by atoms with Crippen molar-refractivity contribution in [3.8, 4) is 0 Å². The molecule has 1 amide bonds. The fourth-order valence-corrected chi connectivity index (χ4v) is 1.92. The number of aryl methyl sites for hydroxylation is 1. The SMILES string of the molecule is CCC(N)(CC)CNC(=O)CCCc1nc(C(C)(C)C)no1. The van der Waals surface area contributed by atoms with Gasteiger partial charge in [0.05, 0.1) is 0 Å². The zero-order valence-electron chi connectivity index (χ0n) is 14.5. The summed E-state index contributed by atoms with van der Waals surface area (Å²) in [6.45, 7) is 10.7. The topological polar surface area (TPSA) is 94.0 Å². The van der Waals surface area contributed by atoms with Crippen LogP contribution in [0.3, 0.4) is 0 Å². The van der Waals surface area contributed by atoms with Gasteiger partial charge in [0.15, 0.2) is 5.82 Å². The smallest absolute Gasteiger partial charge is 0.226 e. The molecule has 126 valence electrons. The van der Waals surface area contributed by atoms with Crippen molar-refractivity contribution in [3.63, 3.8) is 0 Å². The minimum absolute atomic E-state index is 0.0206. The molecule has 0 aliphatic rings. The molecule has 0 aliphatic heterocycles. The van der Waals surface area contributed by atoms with Gasteiger partial charge in [-0.15, -0.1) is 0 Å². The van der Waals surface area contributed by atoms with Gasteiger partial charge < -0.3 is 15.6 Å². The van der Waals surface area contributed by atoms with Gasteiger partial charge in [-0.25, -0.2) is 0 Å². The molecule has 22 heavy (non-hydrogen) atoms. The highest BCUT2D eigenvalue weighted by molar-refractivity contribution is 5.75. The van der Waals surface area contributed by atoms with Crippen molar-refractivity contribution in [2.24, 2.45) is 5.73 Å². The number of nitrogens with zero attached hydrogens (tertiary/aromatic N) is 2. The molecule has 0 radical (unpaired) electrons. The first-order valence-corrected chi connectivity index (χ1v) is 8.09. The van der Waals surface area contributed by atoms with Crippen LogP contribution in [0.15, 0.2) is 4.52 Å². The molecule has 0 spiro atoms. The van der Waals surface area contributed by atoms with E-state index in [-0.39, 0.29) is 16.9 Å². The number of carbonyl (C=O) groups excluding carboxylic acids is 1. The predicted octanol–water partition coefficient (Wildman–Crippen LogP) is 2.32. The van der Waals surface area contributed by atoms with Gasteiger partial charge in [-0.1, -0.05) is 39.8 Å². The Bertz CT molecular complexity index is 473. The second kappa shape index (κ2) is 7.72. The third-order valence-corrected chi connectivity index (χ3v) is 3.98. The van der Waals surface area contributed by atoms with Crippen molar-refractivity contribution in [2.75, 3.05) is 6.54 Å². The van der Waals surface area contributed by atoms with Gasteiger partial charge in [0.2, 0.25) is 11.8 Å². The van der Waals surface area contributed by atoms with Crippen LogP contribution in [0, 0.1) is 0 Å². The number of nitrogens with one attached hydrogen (secondary N) is 1. The molecule has 6 heteroatoms. The number of amides is 1. The second-order valence-electron chi connectivity index (χ2n) is 6.96. The zero-order chi connectivity index (χ0) is 16.8. The molecule has 0 atom stereocenters. The van der Waals surface area contributed by atoms with E-state index in [1.54, 1.807) is 0 Å². The largest absolute Gasteiger partial charge is 0.354 e. The van der Waals surface area contributed by atoms with Crippen molar-refractivity contribution >= 4 is 5.91 Å². The van der Waals surface area contributed by atoms with Crippen LogP contribution in [0.25, 0.3) is 0 Å².